The zero-order valence-corrected chi connectivity index (χ0v) is 24.0. The molecule has 1 aliphatic rings. The summed E-state index contributed by atoms with van der Waals surface area (Å²) in [5.74, 6) is 0.753. The average Bonchev–Trinajstić information content (AvgIpc) is 3.41. The van der Waals surface area contributed by atoms with Gasteiger partial charge < -0.3 is 25.2 Å². The van der Waals surface area contributed by atoms with Crippen LogP contribution in [0.4, 0.5) is 10.5 Å². The van der Waals surface area contributed by atoms with E-state index in [9.17, 15) is 9.90 Å². The van der Waals surface area contributed by atoms with Gasteiger partial charge in [0.1, 0.15) is 5.01 Å². The van der Waals surface area contributed by atoms with Crippen molar-refractivity contribution >= 4 is 34.8 Å². The molecule has 0 saturated carbocycles. The lowest BCUT2D eigenvalue weighted by molar-refractivity contribution is -0.268. The van der Waals surface area contributed by atoms with Crippen LogP contribution >= 0.6 is 23.1 Å². The quantitative estimate of drug-likeness (QED) is 0.202. The molecule has 3 N–H and O–H groups in total. The second-order valence-corrected chi connectivity index (χ2v) is 12.1. The molecule has 0 bridgehead atoms. The third kappa shape index (κ3) is 7.26. The lowest BCUT2D eigenvalue weighted by Crippen LogP contribution is -2.38. The lowest BCUT2D eigenvalue weighted by Gasteiger charge is -2.41. The number of rotatable bonds is 9. The Kier molecular flexibility index (Phi) is 9.45. The molecule has 1 fully saturated rings. The van der Waals surface area contributed by atoms with Crippen molar-refractivity contribution in [2.45, 2.75) is 49.8 Å². The van der Waals surface area contributed by atoms with Crippen LogP contribution in [0.2, 0.25) is 0 Å². The maximum atomic E-state index is 12.6. The number of hydrogen-bond donors (Lipinski definition) is 3. The van der Waals surface area contributed by atoms with Gasteiger partial charge in [-0.15, -0.1) is 10.2 Å². The predicted octanol–water partition coefficient (Wildman–Crippen LogP) is 6.24. The Hall–Kier alpha value is -3.28. The first-order chi connectivity index (χ1) is 19.5. The molecule has 40 heavy (non-hydrogen) atoms. The Bertz CT molecular complexity index is 1400. The molecular formula is C30H32N4O4S2. The number of aliphatic hydroxyl groups excluding tert-OH is 1. The average molecular weight is 577 g/mol. The molecule has 4 atom stereocenters. The van der Waals surface area contributed by atoms with Crippen molar-refractivity contribution < 1.29 is 19.4 Å². The Morgan fingerprint density at radius 1 is 0.975 bits per heavy atom. The number of aliphatic hydroxyl groups is 1. The van der Waals surface area contributed by atoms with Crippen molar-refractivity contribution in [3.05, 3.63) is 106 Å². The molecule has 10 heteroatoms. The molecule has 1 aromatic heterocycles. The van der Waals surface area contributed by atoms with Crippen LogP contribution in [0.5, 0.6) is 0 Å². The number of carbonyl (C=O) groups excluding carboxylic acids is 1. The number of nitrogens with zero attached hydrogens (tertiary/aromatic N) is 2. The number of anilines is 1. The summed E-state index contributed by atoms with van der Waals surface area (Å²) in [5.41, 5.74) is 4.35. The van der Waals surface area contributed by atoms with E-state index in [1.54, 1.807) is 23.1 Å². The van der Waals surface area contributed by atoms with Crippen LogP contribution in [-0.4, -0.2) is 33.2 Å². The fourth-order valence-corrected chi connectivity index (χ4v) is 6.52. The summed E-state index contributed by atoms with van der Waals surface area (Å²) in [6.45, 7) is 4.50. The summed E-state index contributed by atoms with van der Waals surface area (Å²) < 4.78 is 14.0. The van der Waals surface area contributed by atoms with Gasteiger partial charge in [0.15, 0.2) is 10.6 Å². The molecule has 1 saturated heterocycles. The largest absolute Gasteiger partial charge is 0.392 e. The van der Waals surface area contributed by atoms with Crippen LogP contribution in [-0.2, 0) is 22.6 Å². The van der Waals surface area contributed by atoms with Crippen LogP contribution in [0, 0.1) is 12.8 Å². The maximum absolute atomic E-state index is 12.6. The number of aryl methyl sites for hydroxylation is 1. The number of thioether (sulfide) groups is 1. The van der Waals surface area contributed by atoms with E-state index in [1.807, 2.05) is 85.8 Å². The van der Waals surface area contributed by atoms with Gasteiger partial charge in [0, 0.05) is 29.5 Å². The molecule has 0 spiro atoms. The molecule has 5 rings (SSSR count). The number of urea groups is 1. The molecule has 1 aliphatic heterocycles. The number of amides is 2. The van der Waals surface area contributed by atoms with Crippen LogP contribution in [0.15, 0.2) is 83.2 Å². The standard InChI is InChI=1S/C30H32N4O4S2/c1-19-26(18-39-30-34-33-20(2)40-30)37-28(38-27(19)23-13-11-22(17-35)12-14-23)24-9-6-10-25(15-24)32-29(36)31-16-21-7-4-3-5-8-21/h3-15,19,26-28,35H,16-18H2,1-2H3,(H2,31,32,36)/t19-,26+,27+,28+/m0/s1. The van der Waals surface area contributed by atoms with Crippen molar-refractivity contribution in [2.24, 2.45) is 5.92 Å². The summed E-state index contributed by atoms with van der Waals surface area (Å²) >= 11 is 3.20. The smallest absolute Gasteiger partial charge is 0.319 e. The monoisotopic (exact) mass is 576 g/mol. The van der Waals surface area contributed by atoms with E-state index in [0.717, 1.165) is 31.6 Å². The summed E-state index contributed by atoms with van der Waals surface area (Å²) in [6, 6.07) is 24.9. The molecule has 0 unspecified atom stereocenters. The number of carbonyl (C=O) groups is 1. The highest BCUT2D eigenvalue weighted by molar-refractivity contribution is 8.01. The van der Waals surface area contributed by atoms with E-state index in [-0.39, 0.29) is 30.8 Å². The van der Waals surface area contributed by atoms with E-state index in [2.05, 4.69) is 27.8 Å². The summed E-state index contributed by atoms with van der Waals surface area (Å²) in [5, 5.41) is 24.6. The van der Waals surface area contributed by atoms with Crippen molar-refractivity contribution in [3.8, 4) is 0 Å². The molecule has 4 aromatic rings. The van der Waals surface area contributed by atoms with Crippen molar-refractivity contribution in [3.63, 3.8) is 0 Å². The van der Waals surface area contributed by atoms with Gasteiger partial charge in [-0.2, -0.15) is 0 Å². The van der Waals surface area contributed by atoms with E-state index in [4.69, 9.17) is 9.47 Å². The van der Waals surface area contributed by atoms with Crippen LogP contribution in [0.3, 0.4) is 0 Å². The minimum atomic E-state index is -0.630. The lowest BCUT2D eigenvalue weighted by atomic mass is 9.91. The third-order valence-electron chi connectivity index (χ3n) is 6.71. The third-order valence-corrected chi connectivity index (χ3v) is 8.78. The van der Waals surface area contributed by atoms with Crippen molar-refractivity contribution in [1.29, 1.82) is 0 Å². The minimum Gasteiger partial charge on any atom is -0.392 e. The highest BCUT2D eigenvalue weighted by Gasteiger charge is 2.38. The fourth-order valence-electron chi connectivity index (χ4n) is 4.52. The van der Waals surface area contributed by atoms with Gasteiger partial charge in [-0.25, -0.2) is 4.79 Å². The van der Waals surface area contributed by atoms with Gasteiger partial charge in [0.05, 0.1) is 18.8 Å². The van der Waals surface area contributed by atoms with Gasteiger partial charge in [0.2, 0.25) is 0 Å². The zero-order chi connectivity index (χ0) is 27.9. The first-order valence-electron chi connectivity index (χ1n) is 13.1. The SMILES string of the molecule is Cc1nnc(SC[C@H]2O[C@@H](c3cccc(NC(=O)NCc4ccccc4)c3)O[C@@H](c3ccc(CO)cc3)[C@H]2C)s1. The Labute approximate surface area is 242 Å². The maximum Gasteiger partial charge on any atom is 0.319 e. The second kappa shape index (κ2) is 13.4. The first-order valence-corrected chi connectivity index (χ1v) is 14.9. The number of benzene rings is 3. The van der Waals surface area contributed by atoms with E-state index in [1.165, 1.54) is 0 Å². The molecule has 0 aliphatic carbocycles. The number of hydrogen-bond acceptors (Lipinski definition) is 8. The highest BCUT2D eigenvalue weighted by Crippen LogP contribution is 2.43. The highest BCUT2D eigenvalue weighted by atomic mass is 32.2. The van der Waals surface area contributed by atoms with Gasteiger partial charge in [-0.05, 0) is 35.7 Å². The van der Waals surface area contributed by atoms with Crippen LogP contribution in [0.1, 0.15) is 46.6 Å². The van der Waals surface area contributed by atoms with E-state index in [0.29, 0.717) is 18.0 Å². The topological polar surface area (TPSA) is 106 Å². The normalized spacial score (nSPS) is 20.7. The molecule has 0 radical (unpaired) electrons. The fraction of sp³-hybridized carbons (Fsp3) is 0.300. The Morgan fingerprint density at radius 2 is 1.77 bits per heavy atom. The number of aromatic nitrogens is 2. The Balaban J connectivity index is 1.31. The zero-order valence-electron chi connectivity index (χ0n) is 22.3. The molecule has 8 nitrogen and oxygen atoms in total. The van der Waals surface area contributed by atoms with E-state index < -0.39 is 6.29 Å². The van der Waals surface area contributed by atoms with Gasteiger partial charge in [-0.1, -0.05) is 96.8 Å². The molecule has 2 heterocycles. The molecule has 3 aromatic carbocycles. The van der Waals surface area contributed by atoms with Gasteiger partial charge in [-0.3, -0.25) is 0 Å². The van der Waals surface area contributed by atoms with Crippen molar-refractivity contribution in [1.82, 2.24) is 15.5 Å². The molecule has 208 valence electrons. The minimum absolute atomic E-state index is 0.00760. The van der Waals surface area contributed by atoms with E-state index >= 15 is 0 Å². The summed E-state index contributed by atoms with van der Waals surface area (Å²) in [4.78, 5) is 12.6. The van der Waals surface area contributed by atoms with Gasteiger partial charge >= 0.3 is 6.03 Å². The second-order valence-electron chi connectivity index (χ2n) is 9.64. The number of ether oxygens (including phenoxy) is 2. The molecular weight excluding hydrogens is 544 g/mol. The number of nitrogens with one attached hydrogen (secondary N) is 2. The van der Waals surface area contributed by atoms with Crippen LogP contribution < -0.4 is 10.6 Å². The summed E-state index contributed by atoms with van der Waals surface area (Å²) in [7, 11) is 0. The Morgan fingerprint density at radius 3 is 2.50 bits per heavy atom. The van der Waals surface area contributed by atoms with Gasteiger partial charge in [0.25, 0.3) is 0 Å². The molecule has 2 amide bonds. The van der Waals surface area contributed by atoms with Crippen LogP contribution in [0.25, 0.3) is 0 Å². The van der Waals surface area contributed by atoms with Crippen molar-refractivity contribution in [2.75, 3.05) is 11.1 Å². The predicted molar refractivity (Wildman–Crippen MR) is 157 cm³/mol. The first kappa shape index (κ1) is 28.3. The summed E-state index contributed by atoms with van der Waals surface area (Å²) in [6.07, 6.45) is -0.977.